The maximum atomic E-state index is 13.9. The van der Waals surface area contributed by atoms with Crippen LogP contribution in [0.2, 0.25) is 18.1 Å². The molecule has 0 radical (unpaired) electrons. The SMILES string of the molecule is COCOC/C(C)=C/CCC(=O)CCC[C@H](O[Si](C)(C)C(C)(C)C)[C@@H]1CCC2=CCC[C@]3(C)[C@H](C1=O)[C@H]23. The topological polar surface area (TPSA) is 61.8 Å². The summed E-state index contributed by atoms with van der Waals surface area (Å²) in [6, 6.07) is 0. The van der Waals surface area contributed by atoms with Crippen LogP contribution in [0.25, 0.3) is 0 Å². The van der Waals surface area contributed by atoms with Gasteiger partial charge in [-0.15, -0.1) is 0 Å². The van der Waals surface area contributed by atoms with Crippen molar-refractivity contribution in [2.75, 3.05) is 20.5 Å². The van der Waals surface area contributed by atoms with Gasteiger partial charge in [0.2, 0.25) is 0 Å². The molecule has 0 heterocycles. The molecular weight excluding hydrogens is 480 g/mol. The lowest BCUT2D eigenvalue weighted by atomic mass is 9.81. The summed E-state index contributed by atoms with van der Waals surface area (Å²) in [5.74, 6) is 1.35. The summed E-state index contributed by atoms with van der Waals surface area (Å²) in [6.07, 6.45) is 12.0. The minimum atomic E-state index is -2.06. The second-order valence-corrected chi connectivity index (χ2v) is 18.3. The summed E-state index contributed by atoms with van der Waals surface area (Å²) in [7, 11) is -0.450. The Balaban J connectivity index is 1.61. The number of ether oxygens (including phenoxy) is 2. The van der Waals surface area contributed by atoms with Crippen LogP contribution in [0.5, 0.6) is 0 Å². The Hall–Kier alpha value is -1.08. The number of methoxy groups -OCH3 is 1. The van der Waals surface area contributed by atoms with Crippen LogP contribution in [0.3, 0.4) is 0 Å². The maximum Gasteiger partial charge on any atom is 0.192 e. The Morgan fingerprint density at radius 1 is 1.24 bits per heavy atom. The molecule has 0 N–H and O–H groups in total. The van der Waals surface area contributed by atoms with Crippen LogP contribution < -0.4 is 0 Å². The highest BCUT2D eigenvalue weighted by Gasteiger charge is 2.68. The summed E-state index contributed by atoms with van der Waals surface area (Å²) in [5.41, 5.74) is 2.83. The third-order valence-corrected chi connectivity index (χ3v) is 14.1. The lowest BCUT2D eigenvalue weighted by Gasteiger charge is -2.41. The first-order chi connectivity index (χ1) is 17.3. The predicted octanol–water partition coefficient (Wildman–Crippen LogP) is 7.41. The molecule has 3 rings (SSSR count). The van der Waals surface area contributed by atoms with E-state index in [0.717, 1.165) is 50.5 Å². The zero-order chi connectivity index (χ0) is 27.4. The molecule has 0 aliphatic heterocycles. The van der Waals surface area contributed by atoms with E-state index in [-0.39, 0.29) is 41.0 Å². The second kappa shape index (κ2) is 12.4. The molecule has 0 amide bonds. The molecule has 5 atom stereocenters. The first-order valence-corrected chi connectivity index (χ1v) is 17.4. The fourth-order valence-electron chi connectivity index (χ4n) is 6.37. The first kappa shape index (κ1) is 30.5. The van der Waals surface area contributed by atoms with Gasteiger partial charge in [-0.2, -0.15) is 0 Å². The average Bonchev–Trinajstić information content (AvgIpc) is 3.47. The summed E-state index contributed by atoms with van der Waals surface area (Å²) >= 11 is 0. The van der Waals surface area contributed by atoms with E-state index >= 15 is 0 Å². The van der Waals surface area contributed by atoms with Crippen molar-refractivity contribution in [2.45, 2.75) is 117 Å². The number of rotatable bonds is 14. The minimum Gasteiger partial charge on any atom is -0.413 e. The van der Waals surface area contributed by atoms with Gasteiger partial charge in [0, 0.05) is 31.8 Å². The zero-order valence-corrected chi connectivity index (χ0v) is 25.8. The Labute approximate surface area is 226 Å². The fraction of sp³-hybridized carbons (Fsp3) is 0.806. The number of hydrogen-bond donors (Lipinski definition) is 0. The number of carbonyl (C=O) groups excluding carboxylic acids is 2. The molecule has 0 bridgehead atoms. The van der Waals surface area contributed by atoms with Crippen LogP contribution in [0.1, 0.15) is 92.4 Å². The average molecular weight is 533 g/mol. The quantitative estimate of drug-likeness (QED) is 0.101. The van der Waals surface area contributed by atoms with Crippen LogP contribution in [0.4, 0.5) is 0 Å². The van der Waals surface area contributed by atoms with E-state index in [1.165, 1.54) is 5.57 Å². The number of fused-ring (bicyclic) bond motifs is 1. The molecule has 0 aromatic heterocycles. The van der Waals surface area contributed by atoms with Gasteiger partial charge < -0.3 is 13.9 Å². The fourth-order valence-corrected chi connectivity index (χ4v) is 7.76. The molecule has 2 saturated carbocycles. The molecule has 0 spiro atoms. The molecule has 2 fully saturated rings. The minimum absolute atomic E-state index is 0.0414. The highest BCUT2D eigenvalue weighted by Crippen LogP contribution is 2.69. The van der Waals surface area contributed by atoms with Crippen molar-refractivity contribution in [1.29, 1.82) is 0 Å². The van der Waals surface area contributed by atoms with Crippen LogP contribution in [-0.4, -0.2) is 46.5 Å². The summed E-state index contributed by atoms with van der Waals surface area (Å²) < 4.78 is 17.2. The van der Waals surface area contributed by atoms with E-state index in [1.54, 1.807) is 7.11 Å². The Bertz CT molecular complexity index is 883. The normalized spacial score (nSPS) is 28.9. The summed E-state index contributed by atoms with van der Waals surface area (Å²) in [6.45, 7) is 16.5. The molecule has 6 heteroatoms. The van der Waals surface area contributed by atoms with Gasteiger partial charge in [0.15, 0.2) is 8.32 Å². The van der Waals surface area contributed by atoms with Crippen molar-refractivity contribution in [3.8, 4) is 0 Å². The van der Waals surface area contributed by atoms with E-state index in [4.69, 9.17) is 13.9 Å². The smallest absolute Gasteiger partial charge is 0.192 e. The molecule has 0 unspecified atom stereocenters. The van der Waals surface area contributed by atoms with E-state index in [1.807, 2.05) is 6.92 Å². The summed E-state index contributed by atoms with van der Waals surface area (Å²) in [5, 5.41) is 0.0825. The van der Waals surface area contributed by atoms with Crippen LogP contribution in [-0.2, 0) is 23.5 Å². The Morgan fingerprint density at radius 3 is 2.65 bits per heavy atom. The van der Waals surface area contributed by atoms with Crippen LogP contribution >= 0.6 is 0 Å². The van der Waals surface area contributed by atoms with Gasteiger partial charge in [-0.25, -0.2) is 0 Å². The molecule has 0 aromatic carbocycles. The number of ketones is 2. The van der Waals surface area contributed by atoms with Gasteiger partial charge in [-0.3, -0.25) is 9.59 Å². The number of hydrogen-bond acceptors (Lipinski definition) is 5. The Kier molecular flexibility index (Phi) is 10.2. The monoisotopic (exact) mass is 532 g/mol. The van der Waals surface area contributed by atoms with Crippen molar-refractivity contribution >= 4 is 19.9 Å². The zero-order valence-electron chi connectivity index (χ0n) is 24.8. The molecule has 0 aromatic rings. The summed E-state index contributed by atoms with van der Waals surface area (Å²) in [4.78, 5) is 26.6. The third-order valence-electron chi connectivity index (χ3n) is 9.64. The molecule has 5 nitrogen and oxygen atoms in total. The highest BCUT2D eigenvalue weighted by molar-refractivity contribution is 6.74. The van der Waals surface area contributed by atoms with Crippen LogP contribution in [0, 0.1) is 23.2 Å². The van der Waals surface area contributed by atoms with E-state index in [2.05, 4.69) is 52.9 Å². The third kappa shape index (κ3) is 7.31. The highest BCUT2D eigenvalue weighted by atomic mass is 28.4. The van der Waals surface area contributed by atoms with Gasteiger partial charge in [0.05, 0.1) is 12.7 Å². The maximum absolute atomic E-state index is 13.9. The van der Waals surface area contributed by atoms with Gasteiger partial charge in [-0.05, 0) is 81.3 Å². The van der Waals surface area contributed by atoms with Gasteiger partial charge >= 0.3 is 0 Å². The molecule has 3 aliphatic carbocycles. The molecule has 210 valence electrons. The van der Waals surface area contributed by atoms with Gasteiger partial charge in [0.1, 0.15) is 18.4 Å². The van der Waals surface area contributed by atoms with Gasteiger partial charge in [-0.1, -0.05) is 51.0 Å². The number of carbonyl (C=O) groups is 2. The van der Waals surface area contributed by atoms with Gasteiger partial charge in [0.25, 0.3) is 0 Å². The molecular formula is C31H52O5Si. The molecule has 0 saturated heterocycles. The lowest BCUT2D eigenvalue weighted by Crippen LogP contribution is -2.47. The molecule has 3 aliphatic rings. The predicted molar refractivity (Wildman–Crippen MR) is 152 cm³/mol. The second-order valence-electron chi connectivity index (χ2n) is 13.5. The van der Waals surface area contributed by atoms with Crippen molar-refractivity contribution in [1.82, 2.24) is 0 Å². The van der Waals surface area contributed by atoms with Crippen molar-refractivity contribution < 1.29 is 23.5 Å². The largest absolute Gasteiger partial charge is 0.413 e. The number of allylic oxidation sites excluding steroid dienone is 3. The Morgan fingerprint density at radius 2 is 1.97 bits per heavy atom. The van der Waals surface area contributed by atoms with E-state index in [0.29, 0.717) is 31.1 Å². The molecule has 37 heavy (non-hydrogen) atoms. The van der Waals surface area contributed by atoms with Crippen molar-refractivity contribution in [3.05, 3.63) is 23.3 Å². The first-order valence-electron chi connectivity index (χ1n) is 14.5. The van der Waals surface area contributed by atoms with Crippen LogP contribution in [0.15, 0.2) is 23.3 Å². The van der Waals surface area contributed by atoms with Crippen molar-refractivity contribution in [2.24, 2.45) is 23.2 Å². The number of Topliss-reactive ketones (excluding diaryl/α,β-unsaturated/α-hetero) is 2. The van der Waals surface area contributed by atoms with Crippen molar-refractivity contribution in [3.63, 3.8) is 0 Å². The lowest BCUT2D eigenvalue weighted by molar-refractivity contribution is -0.128. The standard InChI is InChI=1S/C31H52O5Si/c1-22(20-35-21-34-6)12-9-14-24(32)15-10-16-26(36-37(7,8)30(2,3)4)25-18-17-23-13-11-19-31(5)27(23)28(31)29(25)33/h12-13,25-28H,9-11,14-21H2,1-8H3/b22-12+/t25-,26-,27-,28-,31-/m0/s1. The van der Waals surface area contributed by atoms with E-state index in [9.17, 15) is 9.59 Å². The van der Waals surface area contributed by atoms with E-state index < -0.39 is 8.32 Å².